The van der Waals surface area contributed by atoms with Gasteiger partial charge in [0, 0.05) is 26.0 Å². The summed E-state index contributed by atoms with van der Waals surface area (Å²) in [5, 5.41) is 3.33. The fraction of sp³-hybridized carbons (Fsp3) is 0.312. The lowest BCUT2D eigenvalue weighted by atomic mass is 10.00. The summed E-state index contributed by atoms with van der Waals surface area (Å²) < 4.78 is 5.24. The van der Waals surface area contributed by atoms with Gasteiger partial charge in [-0.2, -0.15) is 0 Å². The molecule has 0 amide bonds. The van der Waals surface area contributed by atoms with Crippen LogP contribution in [0.5, 0.6) is 5.75 Å². The number of anilines is 1. The Morgan fingerprint density at radius 3 is 2.35 bits per heavy atom. The number of benzene rings is 1. The van der Waals surface area contributed by atoms with E-state index in [2.05, 4.69) is 39.5 Å². The van der Waals surface area contributed by atoms with Gasteiger partial charge in [0.05, 0.1) is 19.3 Å². The maximum Gasteiger partial charge on any atom is 0.137 e. The predicted octanol–water partition coefficient (Wildman–Crippen LogP) is 2.47. The molecule has 0 spiro atoms. The highest BCUT2D eigenvalue weighted by Crippen LogP contribution is 2.25. The summed E-state index contributed by atoms with van der Waals surface area (Å²) in [4.78, 5) is 6.31. The lowest BCUT2D eigenvalue weighted by Gasteiger charge is -2.19. The van der Waals surface area contributed by atoms with Crippen LogP contribution in [-0.4, -0.2) is 33.2 Å². The minimum Gasteiger partial charge on any atom is -0.495 e. The molecule has 2 aromatic rings. The highest BCUT2D eigenvalue weighted by Gasteiger charge is 2.13. The second-order valence-corrected chi connectivity index (χ2v) is 4.87. The summed E-state index contributed by atoms with van der Waals surface area (Å²) in [5.41, 5.74) is 3.48. The molecule has 1 aromatic carbocycles. The molecule has 0 radical (unpaired) electrons. The van der Waals surface area contributed by atoms with Gasteiger partial charge in [0.25, 0.3) is 0 Å². The molecule has 1 aromatic heterocycles. The van der Waals surface area contributed by atoms with Gasteiger partial charge in [0.15, 0.2) is 0 Å². The van der Waals surface area contributed by atoms with Gasteiger partial charge in [-0.05, 0) is 36.4 Å². The van der Waals surface area contributed by atoms with Gasteiger partial charge < -0.3 is 15.0 Å². The van der Waals surface area contributed by atoms with E-state index < -0.39 is 0 Å². The van der Waals surface area contributed by atoms with Crippen molar-refractivity contribution in [1.29, 1.82) is 0 Å². The molecular formula is C16H21N3O. The van der Waals surface area contributed by atoms with Crippen molar-refractivity contribution in [1.82, 2.24) is 10.3 Å². The van der Waals surface area contributed by atoms with Crippen LogP contribution in [0.15, 0.2) is 42.7 Å². The van der Waals surface area contributed by atoms with Crippen LogP contribution >= 0.6 is 0 Å². The highest BCUT2D eigenvalue weighted by molar-refractivity contribution is 5.47. The zero-order chi connectivity index (χ0) is 14.5. The van der Waals surface area contributed by atoms with Gasteiger partial charge >= 0.3 is 0 Å². The Balaban J connectivity index is 2.31. The van der Waals surface area contributed by atoms with E-state index in [1.54, 1.807) is 13.3 Å². The van der Waals surface area contributed by atoms with E-state index in [9.17, 15) is 0 Å². The van der Waals surface area contributed by atoms with E-state index in [0.717, 1.165) is 11.3 Å². The van der Waals surface area contributed by atoms with Crippen molar-refractivity contribution in [3.05, 3.63) is 53.9 Å². The van der Waals surface area contributed by atoms with Crippen molar-refractivity contribution in [2.24, 2.45) is 0 Å². The molecule has 1 N–H and O–H groups in total. The normalized spacial score (nSPS) is 12.0. The minimum absolute atomic E-state index is 0.105. The Kier molecular flexibility index (Phi) is 4.58. The second-order valence-electron chi connectivity index (χ2n) is 4.87. The van der Waals surface area contributed by atoms with Crippen LogP contribution < -0.4 is 15.0 Å². The van der Waals surface area contributed by atoms with Crippen LogP contribution in [0.4, 0.5) is 5.69 Å². The van der Waals surface area contributed by atoms with Crippen molar-refractivity contribution in [3.63, 3.8) is 0 Å². The Hall–Kier alpha value is -2.07. The molecule has 0 saturated carbocycles. The Labute approximate surface area is 120 Å². The van der Waals surface area contributed by atoms with Crippen LogP contribution in [0.1, 0.15) is 17.2 Å². The Morgan fingerprint density at radius 2 is 1.80 bits per heavy atom. The number of nitrogens with zero attached hydrogens (tertiary/aromatic N) is 2. The molecule has 0 fully saturated rings. The molecule has 20 heavy (non-hydrogen) atoms. The fourth-order valence-electron chi connectivity index (χ4n) is 2.20. The third kappa shape index (κ3) is 3.08. The first-order valence-electron chi connectivity index (χ1n) is 6.59. The molecule has 0 aliphatic rings. The molecule has 0 aliphatic heterocycles. The van der Waals surface area contributed by atoms with Crippen molar-refractivity contribution < 1.29 is 4.74 Å². The number of aromatic nitrogens is 1. The van der Waals surface area contributed by atoms with Crippen LogP contribution in [0, 0.1) is 0 Å². The lowest BCUT2D eigenvalue weighted by Crippen LogP contribution is -2.18. The number of hydrogen-bond acceptors (Lipinski definition) is 4. The Bertz CT molecular complexity index is 552. The SMILES string of the molecule is CNC(c1ccc(N(C)C)cc1)c1cncc(OC)c1. The van der Waals surface area contributed by atoms with E-state index >= 15 is 0 Å². The Morgan fingerprint density at radius 1 is 1.10 bits per heavy atom. The number of ether oxygens (including phenoxy) is 1. The van der Waals surface area contributed by atoms with Gasteiger partial charge in [-0.3, -0.25) is 4.98 Å². The van der Waals surface area contributed by atoms with Gasteiger partial charge in [0.2, 0.25) is 0 Å². The summed E-state index contributed by atoms with van der Waals surface area (Å²) in [5.74, 6) is 0.771. The second kappa shape index (κ2) is 6.39. The lowest BCUT2D eigenvalue weighted by molar-refractivity contribution is 0.411. The average molecular weight is 271 g/mol. The first kappa shape index (κ1) is 14.3. The van der Waals surface area contributed by atoms with Crippen molar-refractivity contribution in [3.8, 4) is 5.75 Å². The summed E-state index contributed by atoms with van der Waals surface area (Å²) in [7, 11) is 7.68. The summed E-state index contributed by atoms with van der Waals surface area (Å²) in [6.45, 7) is 0. The van der Waals surface area contributed by atoms with Crippen LogP contribution in [0.25, 0.3) is 0 Å². The molecule has 0 saturated heterocycles. The molecule has 4 nitrogen and oxygen atoms in total. The maximum atomic E-state index is 5.24. The smallest absolute Gasteiger partial charge is 0.137 e. The zero-order valence-electron chi connectivity index (χ0n) is 12.4. The van der Waals surface area contributed by atoms with Gasteiger partial charge in [0.1, 0.15) is 5.75 Å². The molecule has 2 rings (SSSR count). The number of hydrogen-bond donors (Lipinski definition) is 1. The topological polar surface area (TPSA) is 37.4 Å². The van der Waals surface area contributed by atoms with Crippen molar-refractivity contribution in [2.45, 2.75) is 6.04 Å². The van der Waals surface area contributed by atoms with Crippen molar-refractivity contribution >= 4 is 5.69 Å². The molecule has 1 atom stereocenters. The molecule has 0 aliphatic carbocycles. The monoisotopic (exact) mass is 271 g/mol. The van der Waals surface area contributed by atoms with Gasteiger partial charge in [-0.25, -0.2) is 0 Å². The largest absolute Gasteiger partial charge is 0.495 e. The summed E-state index contributed by atoms with van der Waals surface area (Å²) in [6.07, 6.45) is 3.58. The number of rotatable bonds is 5. The number of methoxy groups -OCH3 is 1. The van der Waals surface area contributed by atoms with Crippen LogP contribution in [0.2, 0.25) is 0 Å². The van der Waals surface area contributed by atoms with Crippen LogP contribution in [-0.2, 0) is 0 Å². The first-order chi connectivity index (χ1) is 9.65. The first-order valence-corrected chi connectivity index (χ1v) is 6.59. The minimum atomic E-state index is 0.105. The number of pyridine rings is 1. The predicted molar refractivity (Wildman–Crippen MR) is 82.5 cm³/mol. The summed E-state index contributed by atoms with van der Waals surface area (Å²) >= 11 is 0. The standard InChI is InChI=1S/C16H21N3O/c1-17-16(13-9-15(20-4)11-18-10-13)12-5-7-14(8-6-12)19(2)3/h5-11,16-17H,1-4H3. The molecule has 106 valence electrons. The molecule has 4 heteroatoms. The van der Waals surface area contributed by atoms with Crippen molar-refractivity contribution in [2.75, 3.05) is 33.2 Å². The van der Waals surface area contributed by atoms with E-state index in [1.165, 1.54) is 11.3 Å². The van der Waals surface area contributed by atoms with E-state index in [-0.39, 0.29) is 6.04 Å². The molecular weight excluding hydrogens is 250 g/mol. The van der Waals surface area contributed by atoms with Gasteiger partial charge in [-0.1, -0.05) is 12.1 Å². The average Bonchev–Trinajstić information content (AvgIpc) is 2.49. The maximum absolute atomic E-state index is 5.24. The van der Waals surface area contributed by atoms with E-state index in [1.807, 2.05) is 33.4 Å². The number of nitrogens with one attached hydrogen (secondary N) is 1. The molecule has 1 heterocycles. The zero-order valence-corrected chi connectivity index (χ0v) is 12.4. The summed E-state index contributed by atoms with van der Waals surface area (Å²) in [6, 6.07) is 10.6. The molecule has 0 bridgehead atoms. The third-order valence-corrected chi connectivity index (χ3v) is 3.33. The highest BCUT2D eigenvalue weighted by atomic mass is 16.5. The molecule has 1 unspecified atom stereocenters. The third-order valence-electron chi connectivity index (χ3n) is 3.33. The van der Waals surface area contributed by atoms with Gasteiger partial charge in [-0.15, -0.1) is 0 Å². The van der Waals surface area contributed by atoms with E-state index in [4.69, 9.17) is 4.74 Å². The quantitative estimate of drug-likeness (QED) is 0.906. The van der Waals surface area contributed by atoms with Crippen LogP contribution in [0.3, 0.4) is 0 Å². The van der Waals surface area contributed by atoms with E-state index in [0.29, 0.717) is 0 Å². The fourth-order valence-corrected chi connectivity index (χ4v) is 2.20.